The Morgan fingerprint density at radius 3 is 2.06 bits per heavy atom. The molecule has 174 valence electrons. The van der Waals surface area contributed by atoms with Crippen molar-refractivity contribution in [2.24, 2.45) is 11.8 Å². The van der Waals surface area contributed by atoms with Crippen LogP contribution in [0.5, 0.6) is 0 Å². The fourth-order valence-corrected chi connectivity index (χ4v) is 5.13. The molecule has 32 heavy (non-hydrogen) atoms. The first-order chi connectivity index (χ1) is 15.0. The van der Waals surface area contributed by atoms with E-state index in [9.17, 15) is 18.3 Å². The molecule has 2 aliphatic carbocycles. The second kappa shape index (κ2) is 8.23. The van der Waals surface area contributed by atoms with E-state index in [4.69, 9.17) is 4.42 Å². The molecule has 2 saturated carbocycles. The van der Waals surface area contributed by atoms with Crippen molar-refractivity contribution in [3.63, 3.8) is 0 Å². The predicted molar refractivity (Wildman–Crippen MR) is 122 cm³/mol. The molecule has 1 aromatic carbocycles. The molecule has 1 heterocycles. The minimum Gasteiger partial charge on any atom is -0.451 e. The highest BCUT2D eigenvalue weighted by molar-refractivity contribution is 7.89. The first-order valence-electron chi connectivity index (χ1n) is 11.3. The Balaban J connectivity index is 1.58. The van der Waals surface area contributed by atoms with Gasteiger partial charge in [0.05, 0.1) is 11.9 Å². The van der Waals surface area contributed by atoms with Gasteiger partial charge in [-0.15, -0.1) is 0 Å². The molecule has 0 spiro atoms. The second-order valence-corrected chi connectivity index (χ2v) is 11.5. The highest BCUT2D eigenvalue weighted by Crippen LogP contribution is 2.49. The molecule has 8 heteroatoms. The van der Waals surface area contributed by atoms with Gasteiger partial charge in [-0.05, 0) is 74.3 Å². The molecule has 0 radical (unpaired) electrons. The van der Waals surface area contributed by atoms with E-state index >= 15 is 0 Å². The lowest BCUT2D eigenvalue weighted by atomic mass is 9.87. The van der Waals surface area contributed by atoms with Gasteiger partial charge in [0.1, 0.15) is 0 Å². The molecule has 1 aromatic heterocycles. The summed E-state index contributed by atoms with van der Waals surface area (Å²) in [5.41, 5.74) is 1.86. The fraction of sp³-hybridized carbons (Fsp3) is 0.542. The van der Waals surface area contributed by atoms with E-state index in [1.165, 1.54) is 51.9 Å². The zero-order valence-electron chi connectivity index (χ0n) is 19.0. The summed E-state index contributed by atoms with van der Waals surface area (Å²) in [6.45, 7) is 7.38. The molecule has 0 saturated heterocycles. The molecule has 4 rings (SSSR count). The summed E-state index contributed by atoms with van der Waals surface area (Å²) in [5.74, 6) is 1.76. The summed E-state index contributed by atoms with van der Waals surface area (Å²) in [6.07, 6.45) is 5.86. The Labute approximate surface area is 189 Å². The number of amides is 2. The molecule has 2 atom stereocenters. The smallest absolute Gasteiger partial charge is 0.333 e. The summed E-state index contributed by atoms with van der Waals surface area (Å²) in [5, 5.41) is 12.5. The van der Waals surface area contributed by atoms with Gasteiger partial charge in [-0.1, -0.05) is 32.0 Å². The Morgan fingerprint density at radius 2 is 1.62 bits per heavy atom. The number of benzene rings is 1. The molecule has 2 aromatic rings. The third-order valence-electron chi connectivity index (χ3n) is 6.78. The molecule has 3 N–H and O–H groups in total. The standard InChI is InChI=1S/C24H32N2O5S/c1-14(16-8-9-16)19-6-5-7-20(15(2)17-10-11-17)22(19)25-23(27)26-32(29,30)21-12-18(13-31-21)24(3,4)28/h5-7,12-17,28H,8-11H2,1-4H3,(H2,25,26,27)/t14-,15-/m1/s1. The Hall–Kier alpha value is -2.32. The number of urea groups is 1. The number of sulfonamides is 1. The van der Waals surface area contributed by atoms with Crippen LogP contribution in [0, 0.1) is 11.8 Å². The summed E-state index contributed by atoms with van der Waals surface area (Å²) in [6, 6.07) is 6.48. The van der Waals surface area contributed by atoms with E-state index in [1.54, 1.807) is 0 Å². The maximum atomic E-state index is 12.8. The van der Waals surface area contributed by atoms with Gasteiger partial charge in [-0.25, -0.2) is 9.52 Å². The number of aliphatic hydroxyl groups is 1. The van der Waals surface area contributed by atoms with Crippen molar-refractivity contribution in [2.75, 3.05) is 5.32 Å². The highest BCUT2D eigenvalue weighted by Gasteiger charge is 2.35. The van der Waals surface area contributed by atoms with Crippen molar-refractivity contribution >= 4 is 21.7 Å². The van der Waals surface area contributed by atoms with E-state index < -0.39 is 26.7 Å². The lowest BCUT2D eigenvalue weighted by Gasteiger charge is -2.23. The number of rotatable bonds is 8. The van der Waals surface area contributed by atoms with Crippen molar-refractivity contribution in [3.05, 3.63) is 47.2 Å². The summed E-state index contributed by atoms with van der Waals surface area (Å²) in [7, 11) is -4.23. The number of anilines is 1. The largest absolute Gasteiger partial charge is 0.451 e. The van der Waals surface area contributed by atoms with Crippen LogP contribution in [0.1, 0.15) is 81.9 Å². The number of hydrogen-bond donors (Lipinski definition) is 3. The SMILES string of the molecule is C[C@@H](c1cccc([C@H](C)C2CC2)c1NC(=O)NS(=O)(=O)c1cc(C(C)(C)O)co1)C1CC1. The molecule has 7 nitrogen and oxygen atoms in total. The number of hydrogen-bond acceptors (Lipinski definition) is 5. The molecule has 2 amide bonds. The van der Waals surface area contributed by atoms with Crippen molar-refractivity contribution < 1.29 is 22.7 Å². The third kappa shape index (κ3) is 4.86. The zero-order valence-corrected chi connectivity index (χ0v) is 19.8. The quantitative estimate of drug-likeness (QED) is 0.511. The molecular formula is C24H32N2O5S. The minimum atomic E-state index is -4.23. The van der Waals surface area contributed by atoms with E-state index in [-0.39, 0.29) is 11.8 Å². The average molecular weight is 461 g/mol. The monoisotopic (exact) mass is 460 g/mol. The van der Waals surface area contributed by atoms with Crippen LogP contribution >= 0.6 is 0 Å². The van der Waals surface area contributed by atoms with Crippen LogP contribution in [-0.2, 0) is 15.6 Å². The molecule has 2 aliphatic rings. The van der Waals surface area contributed by atoms with Crippen LogP contribution in [0.4, 0.5) is 10.5 Å². The normalized spacial score (nSPS) is 18.8. The van der Waals surface area contributed by atoms with Crippen molar-refractivity contribution in [1.82, 2.24) is 4.72 Å². The molecule has 0 bridgehead atoms. The van der Waals surface area contributed by atoms with E-state index in [0.29, 0.717) is 17.4 Å². The van der Waals surface area contributed by atoms with Crippen LogP contribution in [0.25, 0.3) is 0 Å². The number of nitrogens with one attached hydrogen (secondary N) is 2. The predicted octanol–water partition coefficient (Wildman–Crippen LogP) is 5.04. The van der Waals surface area contributed by atoms with E-state index in [0.717, 1.165) is 16.8 Å². The number of carbonyl (C=O) groups excluding carboxylic acids is 1. The van der Waals surface area contributed by atoms with Gasteiger partial charge >= 0.3 is 6.03 Å². The first kappa shape index (κ1) is 22.9. The van der Waals surface area contributed by atoms with Crippen LogP contribution < -0.4 is 10.0 Å². The van der Waals surface area contributed by atoms with Crippen LogP contribution in [0.3, 0.4) is 0 Å². The van der Waals surface area contributed by atoms with Crippen molar-refractivity contribution in [1.29, 1.82) is 0 Å². The topological polar surface area (TPSA) is 109 Å². The summed E-state index contributed by atoms with van der Waals surface area (Å²) < 4.78 is 32.6. The van der Waals surface area contributed by atoms with Crippen LogP contribution in [0.15, 0.2) is 40.0 Å². The van der Waals surface area contributed by atoms with Gasteiger partial charge in [-0.3, -0.25) is 0 Å². The number of carbonyl (C=O) groups is 1. The van der Waals surface area contributed by atoms with Gasteiger partial charge < -0.3 is 14.8 Å². The number of para-hydroxylation sites is 1. The van der Waals surface area contributed by atoms with Gasteiger partial charge in [0.15, 0.2) is 0 Å². The number of furan rings is 1. The van der Waals surface area contributed by atoms with E-state index in [1.807, 2.05) is 18.2 Å². The van der Waals surface area contributed by atoms with E-state index in [2.05, 4.69) is 23.9 Å². The third-order valence-corrected chi connectivity index (χ3v) is 7.98. The highest BCUT2D eigenvalue weighted by atomic mass is 32.2. The zero-order chi connectivity index (χ0) is 23.3. The lowest BCUT2D eigenvalue weighted by Crippen LogP contribution is -2.35. The molecule has 0 unspecified atom stereocenters. The lowest BCUT2D eigenvalue weighted by molar-refractivity contribution is 0.0779. The average Bonchev–Trinajstić information content (AvgIpc) is 3.63. The van der Waals surface area contributed by atoms with Crippen molar-refractivity contribution in [3.8, 4) is 0 Å². The Bertz CT molecular complexity index is 1070. The first-order valence-corrected chi connectivity index (χ1v) is 12.7. The minimum absolute atomic E-state index is 0.285. The molecule has 2 fully saturated rings. The van der Waals surface area contributed by atoms with Gasteiger partial charge in [0.25, 0.3) is 10.0 Å². The van der Waals surface area contributed by atoms with Gasteiger partial charge in [0, 0.05) is 17.3 Å². The Morgan fingerprint density at radius 1 is 1.09 bits per heavy atom. The summed E-state index contributed by atoms with van der Waals surface area (Å²) in [4.78, 5) is 12.8. The molecular weight excluding hydrogens is 428 g/mol. The van der Waals surface area contributed by atoms with Gasteiger partial charge in [0.2, 0.25) is 5.09 Å². The Kier molecular flexibility index (Phi) is 5.88. The maximum absolute atomic E-state index is 12.8. The second-order valence-electron chi connectivity index (χ2n) is 9.84. The van der Waals surface area contributed by atoms with Crippen LogP contribution in [-0.4, -0.2) is 19.6 Å². The van der Waals surface area contributed by atoms with Crippen molar-refractivity contribution in [2.45, 2.75) is 75.9 Å². The van der Waals surface area contributed by atoms with Gasteiger partial charge in [-0.2, -0.15) is 8.42 Å². The molecule has 0 aliphatic heterocycles. The maximum Gasteiger partial charge on any atom is 0.333 e. The fourth-order valence-electron chi connectivity index (χ4n) is 4.28. The van der Waals surface area contributed by atoms with Crippen LogP contribution in [0.2, 0.25) is 0 Å². The summed E-state index contributed by atoms with van der Waals surface area (Å²) >= 11 is 0.